The van der Waals surface area contributed by atoms with Crippen LogP contribution in [-0.4, -0.2) is 34.3 Å². The zero-order chi connectivity index (χ0) is 17.3. The number of nitrogens with one attached hydrogen (secondary N) is 1. The van der Waals surface area contributed by atoms with Crippen LogP contribution in [0.2, 0.25) is 0 Å². The maximum absolute atomic E-state index is 5.45. The van der Waals surface area contributed by atoms with Gasteiger partial charge in [-0.15, -0.1) is 11.3 Å². The van der Waals surface area contributed by atoms with E-state index in [0.717, 1.165) is 42.6 Å². The van der Waals surface area contributed by atoms with E-state index >= 15 is 0 Å². The molecule has 1 saturated heterocycles. The van der Waals surface area contributed by atoms with Crippen LogP contribution in [0.4, 0.5) is 5.13 Å². The summed E-state index contributed by atoms with van der Waals surface area (Å²) in [6.07, 6.45) is 2.20. The quantitative estimate of drug-likeness (QED) is 0.912. The SMILES string of the molecule is Cc1csc(N2CCC(NC(C)c3nc(C(C)(C)C)no3)CC2)n1. The average molecular weight is 350 g/mol. The Bertz CT molecular complexity index is 667. The third-order valence-corrected chi connectivity index (χ3v) is 5.36. The second kappa shape index (κ2) is 6.80. The fourth-order valence-electron chi connectivity index (χ4n) is 2.86. The number of hydrogen-bond donors (Lipinski definition) is 1. The maximum Gasteiger partial charge on any atom is 0.243 e. The van der Waals surface area contributed by atoms with Crippen LogP contribution in [0, 0.1) is 6.92 Å². The number of aromatic nitrogens is 3. The molecule has 1 unspecified atom stereocenters. The first-order chi connectivity index (χ1) is 11.3. The van der Waals surface area contributed by atoms with Gasteiger partial charge in [0.15, 0.2) is 11.0 Å². The van der Waals surface area contributed by atoms with Crippen molar-refractivity contribution in [2.75, 3.05) is 18.0 Å². The van der Waals surface area contributed by atoms with Crippen LogP contribution in [0.25, 0.3) is 0 Å². The summed E-state index contributed by atoms with van der Waals surface area (Å²) in [6, 6.07) is 0.551. The van der Waals surface area contributed by atoms with E-state index in [9.17, 15) is 0 Å². The molecule has 6 nitrogen and oxygen atoms in total. The Labute approximate surface area is 147 Å². The van der Waals surface area contributed by atoms with Gasteiger partial charge in [0, 0.05) is 29.9 Å². The standard InChI is InChI=1S/C17H27N5OS/c1-11-10-24-16(18-11)22-8-6-13(7-9-22)19-12(2)14-20-15(21-23-14)17(3,4)5/h10,12-13,19H,6-9H2,1-5H3. The first kappa shape index (κ1) is 17.4. The number of nitrogens with zero attached hydrogens (tertiary/aromatic N) is 4. The van der Waals surface area contributed by atoms with Crippen molar-refractivity contribution in [2.45, 2.75) is 65.0 Å². The summed E-state index contributed by atoms with van der Waals surface area (Å²) < 4.78 is 5.45. The van der Waals surface area contributed by atoms with E-state index in [1.165, 1.54) is 0 Å². The Morgan fingerprint density at radius 3 is 2.54 bits per heavy atom. The van der Waals surface area contributed by atoms with Gasteiger partial charge in [0.05, 0.1) is 11.7 Å². The molecule has 2 aromatic rings. The molecule has 1 atom stereocenters. The normalized spacial score (nSPS) is 18.1. The molecule has 7 heteroatoms. The van der Waals surface area contributed by atoms with Crippen molar-refractivity contribution in [1.29, 1.82) is 0 Å². The van der Waals surface area contributed by atoms with Gasteiger partial charge in [-0.3, -0.25) is 0 Å². The largest absolute Gasteiger partial charge is 0.348 e. The van der Waals surface area contributed by atoms with Crippen molar-refractivity contribution >= 4 is 16.5 Å². The molecule has 24 heavy (non-hydrogen) atoms. The molecule has 2 aromatic heterocycles. The number of hydrogen-bond acceptors (Lipinski definition) is 7. The van der Waals surface area contributed by atoms with Gasteiger partial charge in [-0.1, -0.05) is 25.9 Å². The van der Waals surface area contributed by atoms with Gasteiger partial charge >= 0.3 is 0 Å². The lowest BCUT2D eigenvalue weighted by atomic mass is 9.96. The number of rotatable bonds is 4. The third kappa shape index (κ3) is 3.95. The van der Waals surface area contributed by atoms with Gasteiger partial charge in [0.1, 0.15) is 0 Å². The summed E-state index contributed by atoms with van der Waals surface area (Å²) in [7, 11) is 0. The predicted molar refractivity (Wildman–Crippen MR) is 96.6 cm³/mol. The Hall–Kier alpha value is -1.47. The molecule has 0 saturated carbocycles. The molecule has 0 amide bonds. The molecule has 1 aliphatic heterocycles. The molecule has 1 fully saturated rings. The van der Waals surface area contributed by atoms with E-state index in [1.807, 2.05) is 6.92 Å². The van der Waals surface area contributed by atoms with Crippen LogP contribution in [0.5, 0.6) is 0 Å². The molecule has 3 heterocycles. The van der Waals surface area contributed by atoms with Gasteiger partial charge < -0.3 is 14.7 Å². The topological polar surface area (TPSA) is 67.1 Å². The van der Waals surface area contributed by atoms with Crippen LogP contribution >= 0.6 is 11.3 Å². The highest BCUT2D eigenvalue weighted by Gasteiger charge is 2.26. The van der Waals surface area contributed by atoms with Crippen LogP contribution in [0.1, 0.15) is 64.0 Å². The van der Waals surface area contributed by atoms with Gasteiger partial charge in [-0.2, -0.15) is 4.98 Å². The monoisotopic (exact) mass is 349 g/mol. The molecule has 3 rings (SSSR count). The molecule has 0 spiro atoms. The minimum absolute atomic E-state index is 0.0762. The first-order valence-electron chi connectivity index (χ1n) is 8.60. The molecule has 1 aliphatic rings. The van der Waals surface area contributed by atoms with Crippen molar-refractivity contribution in [3.63, 3.8) is 0 Å². The average Bonchev–Trinajstić information content (AvgIpc) is 3.16. The lowest BCUT2D eigenvalue weighted by Gasteiger charge is -2.33. The third-order valence-electron chi connectivity index (χ3n) is 4.34. The number of piperidine rings is 1. The highest BCUT2D eigenvalue weighted by atomic mass is 32.1. The number of anilines is 1. The Morgan fingerprint density at radius 1 is 1.29 bits per heavy atom. The zero-order valence-corrected chi connectivity index (χ0v) is 16.0. The molecule has 0 radical (unpaired) electrons. The first-order valence-corrected chi connectivity index (χ1v) is 9.48. The maximum atomic E-state index is 5.45. The predicted octanol–water partition coefficient (Wildman–Crippen LogP) is 3.45. The van der Waals surface area contributed by atoms with Crippen LogP contribution in [0.15, 0.2) is 9.90 Å². The van der Waals surface area contributed by atoms with Crippen molar-refractivity contribution < 1.29 is 4.52 Å². The fourth-order valence-corrected chi connectivity index (χ4v) is 3.72. The summed E-state index contributed by atoms with van der Waals surface area (Å²) in [6.45, 7) is 12.5. The van der Waals surface area contributed by atoms with Crippen molar-refractivity contribution in [3.8, 4) is 0 Å². The molecule has 0 aromatic carbocycles. The second-order valence-electron chi connectivity index (χ2n) is 7.63. The highest BCUT2D eigenvalue weighted by molar-refractivity contribution is 7.13. The van der Waals surface area contributed by atoms with E-state index in [1.54, 1.807) is 11.3 Å². The Morgan fingerprint density at radius 2 is 2.00 bits per heavy atom. The molecule has 0 aliphatic carbocycles. The van der Waals surface area contributed by atoms with Crippen LogP contribution in [-0.2, 0) is 5.41 Å². The summed E-state index contributed by atoms with van der Waals surface area (Å²) in [4.78, 5) is 11.5. The van der Waals surface area contributed by atoms with Crippen molar-refractivity contribution in [2.24, 2.45) is 0 Å². The Balaban J connectivity index is 1.53. The second-order valence-corrected chi connectivity index (χ2v) is 8.46. The van der Waals surface area contributed by atoms with E-state index in [4.69, 9.17) is 4.52 Å². The Kier molecular flexibility index (Phi) is 4.92. The number of aryl methyl sites for hydroxylation is 1. The van der Waals surface area contributed by atoms with E-state index in [0.29, 0.717) is 11.9 Å². The minimum atomic E-state index is -0.0847. The minimum Gasteiger partial charge on any atom is -0.348 e. The summed E-state index contributed by atoms with van der Waals surface area (Å²) in [5, 5.41) is 11.0. The van der Waals surface area contributed by atoms with Crippen LogP contribution < -0.4 is 10.2 Å². The summed E-state index contributed by atoms with van der Waals surface area (Å²) in [5.74, 6) is 1.44. The lowest BCUT2D eigenvalue weighted by Crippen LogP contribution is -2.43. The molecule has 1 N–H and O–H groups in total. The van der Waals surface area contributed by atoms with Crippen LogP contribution in [0.3, 0.4) is 0 Å². The van der Waals surface area contributed by atoms with Crippen molar-refractivity contribution in [1.82, 2.24) is 20.4 Å². The molecular weight excluding hydrogens is 322 g/mol. The van der Waals surface area contributed by atoms with Gasteiger partial charge in [0.2, 0.25) is 5.89 Å². The highest BCUT2D eigenvalue weighted by Crippen LogP contribution is 2.25. The lowest BCUT2D eigenvalue weighted by molar-refractivity contribution is 0.302. The van der Waals surface area contributed by atoms with E-state index < -0.39 is 0 Å². The summed E-state index contributed by atoms with van der Waals surface area (Å²) >= 11 is 1.73. The van der Waals surface area contributed by atoms with Gasteiger partial charge in [0.25, 0.3) is 0 Å². The molecular formula is C17H27N5OS. The fraction of sp³-hybridized carbons (Fsp3) is 0.706. The smallest absolute Gasteiger partial charge is 0.243 e. The summed E-state index contributed by atoms with van der Waals surface area (Å²) in [5.41, 5.74) is 1.02. The van der Waals surface area contributed by atoms with Gasteiger partial charge in [-0.25, -0.2) is 4.98 Å². The number of thiazole rings is 1. The molecule has 0 bridgehead atoms. The zero-order valence-electron chi connectivity index (χ0n) is 15.2. The van der Waals surface area contributed by atoms with E-state index in [2.05, 4.69) is 58.4 Å². The van der Waals surface area contributed by atoms with Crippen molar-refractivity contribution in [3.05, 3.63) is 22.8 Å². The van der Waals surface area contributed by atoms with E-state index in [-0.39, 0.29) is 11.5 Å². The van der Waals surface area contributed by atoms with Gasteiger partial charge in [-0.05, 0) is 26.7 Å². The molecule has 132 valence electrons.